The van der Waals surface area contributed by atoms with E-state index < -0.39 is 0 Å². The van der Waals surface area contributed by atoms with Crippen LogP contribution in [0, 0.1) is 5.41 Å². The van der Waals surface area contributed by atoms with Crippen molar-refractivity contribution in [3.63, 3.8) is 0 Å². The second kappa shape index (κ2) is 6.61. The molecule has 2 rings (SSSR count). The zero-order valence-electron chi connectivity index (χ0n) is 13.9. The summed E-state index contributed by atoms with van der Waals surface area (Å²) in [5, 5.41) is 10.8. The molecule has 1 saturated heterocycles. The van der Waals surface area contributed by atoms with Crippen LogP contribution in [0.3, 0.4) is 0 Å². The highest BCUT2D eigenvalue weighted by Crippen LogP contribution is 2.23. The molecule has 1 aliphatic rings. The van der Waals surface area contributed by atoms with Crippen molar-refractivity contribution >= 4 is 5.84 Å². The van der Waals surface area contributed by atoms with Gasteiger partial charge in [0.2, 0.25) is 0 Å². The molecular formula is C18H29N3. The number of hydrogen-bond donors (Lipinski definition) is 2. The number of likely N-dealkylation sites (tertiary alicyclic amines) is 1. The molecule has 1 heterocycles. The number of amidine groups is 1. The third-order valence-corrected chi connectivity index (χ3v) is 4.23. The Bertz CT molecular complexity index is 462. The van der Waals surface area contributed by atoms with E-state index in [-0.39, 0.29) is 5.41 Å². The van der Waals surface area contributed by atoms with E-state index in [2.05, 4.69) is 55.3 Å². The quantitative estimate of drug-likeness (QED) is 0.659. The van der Waals surface area contributed by atoms with Crippen LogP contribution in [0.25, 0.3) is 0 Å². The predicted octanol–water partition coefficient (Wildman–Crippen LogP) is 3.54. The third-order valence-electron chi connectivity index (χ3n) is 4.23. The van der Waals surface area contributed by atoms with Crippen molar-refractivity contribution in [3.05, 3.63) is 35.4 Å². The molecule has 116 valence electrons. The van der Waals surface area contributed by atoms with Crippen molar-refractivity contribution < 1.29 is 0 Å². The van der Waals surface area contributed by atoms with Gasteiger partial charge in [-0.05, 0) is 36.3 Å². The maximum atomic E-state index is 7.51. The van der Waals surface area contributed by atoms with Crippen LogP contribution >= 0.6 is 0 Å². The van der Waals surface area contributed by atoms with Crippen molar-refractivity contribution in [2.75, 3.05) is 13.1 Å². The molecule has 21 heavy (non-hydrogen) atoms. The number of piperidine rings is 1. The number of nitrogens with one attached hydrogen (secondary N) is 2. The molecule has 1 aromatic carbocycles. The molecule has 0 bridgehead atoms. The lowest BCUT2D eigenvalue weighted by Gasteiger charge is -2.32. The van der Waals surface area contributed by atoms with E-state index >= 15 is 0 Å². The third kappa shape index (κ3) is 4.85. The van der Waals surface area contributed by atoms with Gasteiger partial charge in [-0.2, -0.15) is 0 Å². The lowest BCUT2D eigenvalue weighted by molar-refractivity contribution is 0.199. The smallest absolute Gasteiger partial charge is 0.0901 e. The average Bonchev–Trinajstić information content (AvgIpc) is 2.40. The molecule has 0 radical (unpaired) electrons. The minimum absolute atomic E-state index is 0.229. The van der Waals surface area contributed by atoms with E-state index in [1.807, 2.05) is 6.92 Å². The van der Waals surface area contributed by atoms with Gasteiger partial charge in [-0.3, -0.25) is 10.3 Å². The molecule has 3 heteroatoms. The Morgan fingerprint density at radius 2 is 1.76 bits per heavy atom. The summed E-state index contributed by atoms with van der Waals surface area (Å²) in [5.41, 5.74) is 3.03. The zero-order chi connectivity index (χ0) is 15.5. The predicted molar refractivity (Wildman–Crippen MR) is 90.0 cm³/mol. The van der Waals surface area contributed by atoms with Crippen LogP contribution in [-0.2, 0) is 12.0 Å². The summed E-state index contributed by atoms with van der Waals surface area (Å²) >= 11 is 0. The number of benzene rings is 1. The maximum absolute atomic E-state index is 7.51. The lowest BCUT2D eigenvalue weighted by atomic mass is 9.86. The van der Waals surface area contributed by atoms with E-state index in [0.717, 1.165) is 32.5 Å². The van der Waals surface area contributed by atoms with Crippen LogP contribution in [0.1, 0.15) is 51.7 Å². The first kappa shape index (κ1) is 16.0. The molecule has 0 aliphatic carbocycles. The fourth-order valence-electron chi connectivity index (χ4n) is 2.91. The summed E-state index contributed by atoms with van der Waals surface area (Å²) in [6.45, 7) is 11.9. The molecule has 0 saturated carbocycles. The van der Waals surface area contributed by atoms with Crippen LogP contribution in [0.4, 0.5) is 0 Å². The van der Waals surface area contributed by atoms with Crippen molar-refractivity contribution in [1.29, 1.82) is 5.41 Å². The molecular weight excluding hydrogens is 258 g/mol. The standard InChI is InChI=1S/C18H29N3/c1-14(19)20-17-9-11-21(12-10-17)13-15-5-7-16(8-6-15)18(2,3)4/h5-8,17H,9-13H2,1-4H3,(H2,19,20). The van der Waals surface area contributed by atoms with Crippen LogP contribution in [0.5, 0.6) is 0 Å². The first-order chi connectivity index (χ1) is 9.84. The highest BCUT2D eigenvalue weighted by atomic mass is 15.1. The van der Waals surface area contributed by atoms with E-state index in [1.165, 1.54) is 11.1 Å². The van der Waals surface area contributed by atoms with E-state index in [4.69, 9.17) is 5.41 Å². The van der Waals surface area contributed by atoms with Crippen molar-refractivity contribution in [3.8, 4) is 0 Å². The van der Waals surface area contributed by atoms with Gasteiger partial charge >= 0.3 is 0 Å². The molecule has 1 aromatic rings. The second-order valence-electron chi connectivity index (χ2n) is 7.27. The first-order valence-corrected chi connectivity index (χ1v) is 7.98. The van der Waals surface area contributed by atoms with Gasteiger partial charge in [0, 0.05) is 25.7 Å². The molecule has 0 amide bonds. The largest absolute Gasteiger partial charge is 0.371 e. The topological polar surface area (TPSA) is 39.1 Å². The summed E-state index contributed by atoms with van der Waals surface area (Å²) in [6.07, 6.45) is 2.27. The molecule has 0 unspecified atom stereocenters. The van der Waals surface area contributed by atoms with E-state index in [0.29, 0.717) is 11.9 Å². The van der Waals surface area contributed by atoms with Gasteiger partial charge in [0.05, 0.1) is 5.84 Å². The Kier molecular flexibility index (Phi) is 5.04. The number of hydrogen-bond acceptors (Lipinski definition) is 2. The van der Waals surface area contributed by atoms with Gasteiger partial charge < -0.3 is 5.32 Å². The molecule has 3 nitrogen and oxygen atoms in total. The molecule has 2 N–H and O–H groups in total. The number of rotatable bonds is 3. The van der Waals surface area contributed by atoms with E-state index in [1.54, 1.807) is 0 Å². The van der Waals surface area contributed by atoms with Crippen molar-refractivity contribution in [2.45, 2.75) is 58.5 Å². The van der Waals surface area contributed by atoms with Gasteiger partial charge in [0.1, 0.15) is 0 Å². The van der Waals surface area contributed by atoms with Gasteiger partial charge in [-0.15, -0.1) is 0 Å². The average molecular weight is 287 g/mol. The van der Waals surface area contributed by atoms with Gasteiger partial charge in [0.15, 0.2) is 0 Å². The monoisotopic (exact) mass is 287 g/mol. The Balaban J connectivity index is 1.85. The molecule has 0 spiro atoms. The fourth-order valence-corrected chi connectivity index (χ4v) is 2.91. The zero-order valence-corrected chi connectivity index (χ0v) is 13.9. The minimum atomic E-state index is 0.229. The van der Waals surface area contributed by atoms with Gasteiger partial charge in [-0.25, -0.2) is 0 Å². The molecule has 0 aromatic heterocycles. The van der Waals surface area contributed by atoms with Crippen LogP contribution in [0.2, 0.25) is 0 Å². The highest BCUT2D eigenvalue weighted by molar-refractivity contribution is 5.76. The highest BCUT2D eigenvalue weighted by Gasteiger charge is 2.19. The molecule has 1 aliphatic heterocycles. The first-order valence-electron chi connectivity index (χ1n) is 7.98. The normalized spacial score (nSPS) is 17.7. The van der Waals surface area contributed by atoms with Crippen LogP contribution in [-0.4, -0.2) is 29.9 Å². The van der Waals surface area contributed by atoms with Gasteiger partial charge in [0.25, 0.3) is 0 Å². The van der Waals surface area contributed by atoms with E-state index in [9.17, 15) is 0 Å². The minimum Gasteiger partial charge on any atom is -0.371 e. The molecule has 0 atom stereocenters. The summed E-state index contributed by atoms with van der Waals surface area (Å²) in [7, 11) is 0. The lowest BCUT2D eigenvalue weighted by Crippen LogP contribution is -2.43. The Morgan fingerprint density at radius 3 is 2.24 bits per heavy atom. The number of nitrogens with zero attached hydrogens (tertiary/aromatic N) is 1. The second-order valence-corrected chi connectivity index (χ2v) is 7.27. The molecule has 1 fully saturated rings. The SMILES string of the molecule is CC(=N)NC1CCN(Cc2ccc(C(C)(C)C)cc2)CC1. The Hall–Kier alpha value is -1.35. The summed E-state index contributed by atoms with van der Waals surface area (Å²) in [6, 6.07) is 9.56. The van der Waals surface area contributed by atoms with Crippen molar-refractivity contribution in [2.24, 2.45) is 0 Å². The summed E-state index contributed by atoms with van der Waals surface area (Å²) in [4.78, 5) is 2.52. The Labute approximate surface area is 129 Å². The van der Waals surface area contributed by atoms with Crippen molar-refractivity contribution in [1.82, 2.24) is 10.2 Å². The fraction of sp³-hybridized carbons (Fsp3) is 0.611. The van der Waals surface area contributed by atoms with Crippen LogP contribution < -0.4 is 5.32 Å². The van der Waals surface area contributed by atoms with Crippen LogP contribution in [0.15, 0.2) is 24.3 Å². The van der Waals surface area contributed by atoms with Gasteiger partial charge in [-0.1, -0.05) is 45.0 Å². The Morgan fingerprint density at radius 1 is 1.19 bits per heavy atom. The maximum Gasteiger partial charge on any atom is 0.0901 e. The summed E-state index contributed by atoms with van der Waals surface area (Å²) in [5.74, 6) is 0.589. The summed E-state index contributed by atoms with van der Waals surface area (Å²) < 4.78 is 0.